The fourth-order valence-corrected chi connectivity index (χ4v) is 1.03. The lowest BCUT2D eigenvalue weighted by molar-refractivity contribution is 1.07. The molecule has 0 aliphatic heterocycles. The first kappa shape index (κ1) is 5.87. The SMILES string of the molecule is C(#CC1CC1)c1nncs1. The fraction of sp³-hybridized carbons (Fsp3) is 0.429. The first-order chi connectivity index (χ1) is 4.95. The van der Waals surface area contributed by atoms with Crippen molar-refractivity contribution < 1.29 is 0 Å². The Morgan fingerprint density at radius 2 is 2.50 bits per heavy atom. The summed E-state index contributed by atoms with van der Waals surface area (Å²) < 4.78 is 0. The lowest BCUT2D eigenvalue weighted by Gasteiger charge is -1.71. The van der Waals surface area contributed by atoms with Gasteiger partial charge >= 0.3 is 0 Å². The van der Waals surface area contributed by atoms with E-state index in [1.807, 2.05) is 0 Å². The molecule has 1 aromatic heterocycles. The summed E-state index contributed by atoms with van der Waals surface area (Å²) in [4.78, 5) is 0. The van der Waals surface area contributed by atoms with Crippen molar-refractivity contribution >= 4 is 11.3 Å². The Kier molecular flexibility index (Phi) is 1.40. The second-order valence-electron chi connectivity index (χ2n) is 2.29. The molecule has 2 rings (SSSR count). The van der Waals surface area contributed by atoms with Gasteiger partial charge in [-0.2, -0.15) is 0 Å². The molecule has 0 bridgehead atoms. The molecule has 0 spiro atoms. The standard InChI is InChI=1S/C7H6N2S/c1-2-6(1)3-4-7-9-8-5-10-7/h5-6H,1-2H2. The van der Waals surface area contributed by atoms with Crippen LogP contribution in [0.5, 0.6) is 0 Å². The molecule has 0 unspecified atom stereocenters. The van der Waals surface area contributed by atoms with Crippen LogP contribution in [0.4, 0.5) is 0 Å². The molecule has 0 aromatic carbocycles. The van der Waals surface area contributed by atoms with Crippen LogP contribution in [-0.2, 0) is 0 Å². The summed E-state index contributed by atoms with van der Waals surface area (Å²) in [5, 5.41) is 8.34. The number of nitrogens with zero attached hydrogens (tertiary/aromatic N) is 2. The van der Waals surface area contributed by atoms with Crippen molar-refractivity contribution in [1.82, 2.24) is 10.2 Å². The second kappa shape index (κ2) is 2.39. The maximum Gasteiger partial charge on any atom is 0.190 e. The average molecular weight is 150 g/mol. The minimum Gasteiger partial charge on any atom is -0.146 e. The van der Waals surface area contributed by atoms with Crippen LogP contribution in [0.2, 0.25) is 0 Å². The molecular weight excluding hydrogens is 144 g/mol. The molecule has 1 aliphatic rings. The lowest BCUT2D eigenvalue weighted by Crippen LogP contribution is -1.71. The highest BCUT2D eigenvalue weighted by Gasteiger charge is 2.17. The highest BCUT2D eigenvalue weighted by Crippen LogP contribution is 2.27. The molecule has 1 fully saturated rings. The van der Waals surface area contributed by atoms with Crippen LogP contribution in [0.25, 0.3) is 0 Å². The molecule has 1 aromatic rings. The molecule has 1 heterocycles. The van der Waals surface area contributed by atoms with Gasteiger partial charge in [0.25, 0.3) is 0 Å². The Morgan fingerprint density at radius 1 is 1.60 bits per heavy atom. The largest absolute Gasteiger partial charge is 0.190 e. The number of hydrogen-bond acceptors (Lipinski definition) is 3. The maximum atomic E-state index is 3.81. The van der Waals surface area contributed by atoms with Crippen LogP contribution in [0, 0.1) is 17.8 Å². The molecular formula is C7H6N2S. The van der Waals surface area contributed by atoms with Gasteiger partial charge in [0.2, 0.25) is 0 Å². The third-order valence-corrected chi connectivity index (χ3v) is 1.93. The van der Waals surface area contributed by atoms with E-state index < -0.39 is 0 Å². The molecule has 2 nitrogen and oxygen atoms in total. The molecule has 0 radical (unpaired) electrons. The van der Waals surface area contributed by atoms with Crippen molar-refractivity contribution in [3.05, 3.63) is 10.5 Å². The minimum absolute atomic E-state index is 0.656. The van der Waals surface area contributed by atoms with Crippen molar-refractivity contribution in [2.24, 2.45) is 5.92 Å². The smallest absolute Gasteiger partial charge is 0.146 e. The van der Waals surface area contributed by atoms with Gasteiger partial charge in [-0.05, 0) is 18.8 Å². The Hall–Kier alpha value is -0.880. The third-order valence-electron chi connectivity index (χ3n) is 1.32. The molecule has 0 amide bonds. The van der Waals surface area contributed by atoms with Crippen molar-refractivity contribution in [1.29, 1.82) is 0 Å². The minimum atomic E-state index is 0.656. The van der Waals surface area contributed by atoms with E-state index in [1.54, 1.807) is 5.51 Å². The van der Waals surface area contributed by atoms with E-state index in [1.165, 1.54) is 24.2 Å². The second-order valence-corrected chi connectivity index (χ2v) is 3.12. The zero-order valence-corrected chi connectivity index (χ0v) is 6.19. The topological polar surface area (TPSA) is 25.8 Å². The lowest BCUT2D eigenvalue weighted by atomic mass is 10.4. The fourth-order valence-electron chi connectivity index (χ4n) is 0.619. The zero-order chi connectivity index (χ0) is 6.81. The molecule has 3 heteroatoms. The Morgan fingerprint density at radius 3 is 3.10 bits per heavy atom. The van der Waals surface area contributed by atoms with Gasteiger partial charge in [0.1, 0.15) is 5.51 Å². The Bertz CT molecular complexity index is 264. The Balaban J connectivity index is 2.09. The van der Waals surface area contributed by atoms with Gasteiger partial charge in [-0.3, -0.25) is 0 Å². The van der Waals surface area contributed by atoms with Crippen molar-refractivity contribution in [2.45, 2.75) is 12.8 Å². The summed E-state index contributed by atoms with van der Waals surface area (Å²) in [6.45, 7) is 0. The predicted molar refractivity (Wildman–Crippen MR) is 39.5 cm³/mol. The summed E-state index contributed by atoms with van der Waals surface area (Å²) in [5.41, 5.74) is 1.71. The van der Waals surface area contributed by atoms with Crippen LogP contribution in [-0.4, -0.2) is 10.2 Å². The summed E-state index contributed by atoms with van der Waals surface area (Å²) in [5.74, 6) is 6.75. The molecule has 0 atom stereocenters. The van der Waals surface area contributed by atoms with Gasteiger partial charge in [0, 0.05) is 5.92 Å². The van der Waals surface area contributed by atoms with Crippen LogP contribution >= 0.6 is 11.3 Å². The molecule has 0 saturated heterocycles. The van der Waals surface area contributed by atoms with E-state index >= 15 is 0 Å². The van der Waals surface area contributed by atoms with Crippen molar-refractivity contribution in [2.75, 3.05) is 0 Å². The summed E-state index contributed by atoms with van der Waals surface area (Å²) in [6.07, 6.45) is 2.54. The molecule has 1 saturated carbocycles. The maximum absolute atomic E-state index is 3.81. The summed E-state index contributed by atoms with van der Waals surface area (Å²) in [6, 6.07) is 0. The van der Waals surface area contributed by atoms with E-state index in [4.69, 9.17) is 0 Å². The van der Waals surface area contributed by atoms with Crippen molar-refractivity contribution in [3.63, 3.8) is 0 Å². The quantitative estimate of drug-likeness (QED) is 0.521. The normalized spacial score (nSPS) is 16.0. The summed E-state index contributed by atoms with van der Waals surface area (Å²) in [7, 11) is 0. The van der Waals surface area contributed by atoms with Gasteiger partial charge in [-0.1, -0.05) is 17.3 Å². The van der Waals surface area contributed by atoms with E-state index in [0.717, 1.165) is 5.01 Å². The average Bonchev–Trinajstić information content (AvgIpc) is 2.63. The highest BCUT2D eigenvalue weighted by atomic mass is 32.1. The monoisotopic (exact) mass is 150 g/mol. The number of hydrogen-bond donors (Lipinski definition) is 0. The van der Waals surface area contributed by atoms with Crippen LogP contribution < -0.4 is 0 Å². The van der Waals surface area contributed by atoms with Crippen molar-refractivity contribution in [3.8, 4) is 11.8 Å². The van der Waals surface area contributed by atoms with Gasteiger partial charge in [0.05, 0.1) is 0 Å². The van der Waals surface area contributed by atoms with E-state index in [2.05, 4.69) is 22.0 Å². The van der Waals surface area contributed by atoms with E-state index in [9.17, 15) is 0 Å². The molecule has 50 valence electrons. The van der Waals surface area contributed by atoms with Crippen LogP contribution in [0.3, 0.4) is 0 Å². The summed E-state index contributed by atoms with van der Waals surface area (Å²) >= 11 is 1.50. The van der Waals surface area contributed by atoms with Gasteiger partial charge in [-0.15, -0.1) is 10.2 Å². The predicted octanol–water partition coefficient (Wildman–Crippen LogP) is 1.30. The number of aromatic nitrogens is 2. The Labute approximate surface area is 63.3 Å². The van der Waals surface area contributed by atoms with E-state index in [-0.39, 0.29) is 0 Å². The first-order valence-corrected chi connectivity index (χ1v) is 4.11. The highest BCUT2D eigenvalue weighted by molar-refractivity contribution is 7.09. The third kappa shape index (κ3) is 1.34. The van der Waals surface area contributed by atoms with Gasteiger partial charge in [-0.25, -0.2) is 0 Å². The van der Waals surface area contributed by atoms with Crippen LogP contribution in [0.15, 0.2) is 5.51 Å². The van der Waals surface area contributed by atoms with Crippen LogP contribution in [0.1, 0.15) is 17.8 Å². The number of rotatable bonds is 0. The van der Waals surface area contributed by atoms with Gasteiger partial charge < -0.3 is 0 Å². The molecule has 0 N–H and O–H groups in total. The molecule has 1 aliphatic carbocycles. The first-order valence-electron chi connectivity index (χ1n) is 3.23. The zero-order valence-electron chi connectivity index (χ0n) is 5.37. The van der Waals surface area contributed by atoms with Gasteiger partial charge in [0.15, 0.2) is 5.01 Å². The van der Waals surface area contributed by atoms with E-state index in [0.29, 0.717) is 5.92 Å². The molecule has 10 heavy (non-hydrogen) atoms.